The molecule has 3 aromatic rings. The van der Waals surface area contributed by atoms with Crippen molar-refractivity contribution >= 4 is 21.8 Å². The molecule has 0 saturated heterocycles. The van der Waals surface area contributed by atoms with Gasteiger partial charge in [0.15, 0.2) is 21.3 Å². The van der Waals surface area contributed by atoms with Crippen molar-refractivity contribution in [2.75, 3.05) is 30.9 Å². The monoisotopic (exact) mass is 517 g/mol. The van der Waals surface area contributed by atoms with Crippen molar-refractivity contribution in [3.8, 4) is 28.7 Å². The molecule has 2 aromatic carbocycles. The second kappa shape index (κ2) is 12.9. The Morgan fingerprint density at radius 1 is 0.944 bits per heavy atom. The number of anilines is 1. The number of hydrogen-bond donors (Lipinski definition) is 1. The molecule has 0 saturated carbocycles. The van der Waals surface area contributed by atoms with Crippen LogP contribution in [0, 0.1) is 0 Å². The number of nitrogens with zero attached hydrogens (tertiary/aromatic N) is 2. The minimum Gasteiger partial charge on any atom is -0.490 e. The first-order valence-corrected chi connectivity index (χ1v) is 13.6. The second-order valence-corrected chi connectivity index (χ2v) is 9.93. The lowest BCUT2D eigenvalue weighted by Crippen LogP contribution is -2.15. The van der Waals surface area contributed by atoms with Crippen LogP contribution in [0.3, 0.4) is 0 Å². The van der Waals surface area contributed by atoms with Gasteiger partial charge in [-0.3, -0.25) is 10.1 Å². The summed E-state index contributed by atoms with van der Waals surface area (Å²) >= 11 is 0. The molecule has 0 radical (unpaired) electrons. The maximum Gasteiger partial charge on any atom is 0.322 e. The van der Waals surface area contributed by atoms with Crippen molar-refractivity contribution in [1.29, 1.82) is 0 Å². The van der Waals surface area contributed by atoms with E-state index >= 15 is 0 Å². The average Bonchev–Trinajstić information content (AvgIpc) is 3.30. The molecule has 36 heavy (non-hydrogen) atoms. The summed E-state index contributed by atoms with van der Waals surface area (Å²) in [7, 11) is -3.33. The summed E-state index contributed by atoms with van der Waals surface area (Å²) in [5, 5.41) is 10.4. The summed E-state index contributed by atoms with van der Waals surface area (Å²) in [5.41, 5.74) is 1.25. The quantitative estimate of drug-likeness (QED) is 0.333. The molecule has 0 aliphatic rings. The van der Waals surface area contributed by atoms with E-state index in [1.807, 2.05) is 26.8 Å². The van der Waals surface area contributed by atoms with E-state index in [0.29, 0.717) is 42.6 Å². The van der Waals surface area contributed by atoms with Crippen LogP contribution in [0.25, 0.3) is 11.5 Å². The Labute approximate surface area is 210 Å². The van der Waals surface area contributed by atoms with Crippen molar-refractivity contribution in [3.63, 3.8) is 0 Å². The highest BCUT2D eigenvalue weighted by atomic mass is 32.2. The molecule has 11 heteroatoms. The van der Waals surface area contributed by atoms with Crippen molar-refractivity contribution in [2.24, 2.45) is 0 Å². The summed E-state index contributed by atoms with van der Waals surface area (Å²) in [4.78, 5) is 12.3. The van der Waals surface area contributed by atoms with Gasteiger partial charge in [0.05, 0.1) is 31.3 Å². The molecule has 0 aliphatic carbocycles. The molecule has 1 aromatic heterocycles. The van der Waals surface area contributed by atoms with Crippen LogP contribution in [0.15, 0.2) is 46.9 Å². The zero-order chi connectivity index (χ0) is 26.0. The number of sulfone groups is 1. The van der Waals surface area contributed by atoms with Gasteiger partial charge < -0.3 is 18.6 Å². The third kappa shape index (κ3) is 7.70. The summed E-state index contributed by atoms with van der Waals surface area (Å²) < 4.78 is 47.3. The number of ether oxygens (including phenoxy) is 3. The van der Waals surface area contributed by atoms with Gasteiger partial charge in [-0.15, -0.1) is 5.10 Å². The summed E-state index contributed by atoms with van der Waals surface area (Å²) in [6.45, 7) is 6.85. The molecular formula is C25H31N3O7S. The molecule has 194 valence electrons. The second-order valence-electron chi connectivity index (χ2n) is 7.74. The first-order valence-electron chi connectivity index (χ1n) is 11.8. The van der Waals surface area contributed by atoms with E-state index < -0.39 is 15.7 Å². The molecular weight excluding hydrogens is 486 g/mol. The number of aromatic nitrogens is 2. The van der Waals surface area contributed by atoms with Gasteiger partial charge in [-0.2, -0.15) is 0 Å². The highest BCUT2D eigenvalue weighted by Crippen LogP contribution is 2.41. The first-order chi connectivity index (χ1) is 17.3. The molecule has 0 atom stereocenters. The predicted molar refractivity (Wildman–Crippen MR) is 135 cm³/mol. The number of amides is 1. The van der Waals surface area contributed by atoms with E-state index in [9.17, 15) is 13.2 Å². The van der Waals surface area contributed by atoms with Crippen molar-refractivity contribution in [2.45, 2.75) is 39.4 Å². The maximum atomic E-state index is 12.3. The summed E-state index contributed by atoms with van der Waals surface area (Å²) in [6, 6.07) is 12.2. The van der Waals surface area contributed by atoms with Crippen LogP contribution in [0.2, 0.25) is 0 Å². The van der Waals surface area contributed by atoms with Crippen LogP contribution in [0.1, 0.15) is 39.2 Å². The topological polar surface area (TPSA) is 130 Å². The average molecular weight is 518 g/mol. The number of rotatable bonds is 14. The molecule has 1 heterocycles. The maximum absolute atomic E-state index is 12.3. The third-order valence-corrected chi connectivity index (χ3v) is 6.60. The number of carbonyl (C=O) groups excluding carboxylic acids is 1. The molecule has 1 N–H and O–H groups in total. The Morgan fingerprint density at radius 2 is 1.58 bits per heavy atom. The van der Waals surface area contributed by atoms with Crippen molar-refractivity contribution in [1.82, 2.24) is 10.2 Å². The van der Waals surface area contributed by atoms with Crippen LogP contribution in [-0.4, -0.2) is 50.1 Å². The zero-order valence-corrected chi connectivity index (χ0v) is 21.5. The highest BCUT2D eigenvalue weighted by molar-refractivity contribution is 7.90. The first kappa shape index (κ1) is 27.0. The standard InChI is InChI=1S/C25H31N3O7S/c1-4-32-20-15-19(16-21(33-5-2)23(20)34-6-3)24-27-28-25(35-24)26-22(29)13-10-14-36(30,31)17-18-11-8-7-9-12-18/h7-9,11-12,15-16H,4-6,10,13-14,17H2,1-3H3,(H,26,28,29). The Morgan fingerprint density at radius 3 is 2.19 bits per heavy atom. The fourth-order valence-corrected chi connectivity index (χ4v) is 4.87. The molecule has 3 rings (SSSR count). The van der Waals surface area contributed by atoms with Gasteiger partial charge in [0, 0.05) is 12.0 Å². The molecule has 10 nitrogen and oxygen atoms in total. The third-order valence-electron chi connectivity index (χ3n) is 4.92. The van der Waals surface area contributed by atoms with Crippen LogP contribution >= 0.6 is 0 Å². The van der Waals surface area contributed by atoms with E-state index in [2.05, 4.69) is 15.5 Å². The van der Waals surface area contributed by atoms with Crippen LogP contribution in [-0.2, 0) is 20.4 Å². The van der Waals surface area contributed by atoms with Crippen LogP contribution in [0.4, 0.5) is 6.01 Å². The fourth-order valence-electron chi connectivity index (χ4n) is 3.44. The van der Waals surface area contributed by atoms with Crippen LogP contribution < -0.4 is 19.5 Å². The number of benzene rings is 2. The lowest BCUT2D eigenvalue weighted by atomic mass is 10.2. The van der Waals surface area contributed by atoms with Gasteiger partial charge >= 0.3 is 6.01 Å². The van der Waals surface area contributed by atoms with Gasteiger partial charge in [-0.1, -0.05) is 35.4 Å². The largest absolute Gasteiger partial charge is 0.490 e. The van der Waals surface area contributed by atoms with Gasteiger partial charge in [0.2, 0.25) is 17.5 Å². The van der Waals surface area contributed by atoms with E-state index in [4.69, 9.17) is 18.6 Å². The van der Waals surface area contributed by atoms with Gasteiger partial charge in [0.25, 0.3) is 0 Å². The summed E-state index contributed by atoms with van der Waals surface area (Å²) in [6.07, 6.45) is 0.175. The molecule has 0 aliphatic heterocycles. The van der Waals surface area contributed by atoms with Gasteiger partial charge in [-0.25, -0.2) is 8.42 Å². The number of carbonyl (C=O) groups is 1. The summed E-state index contributed by atoms with van der Waals surface area (Å²) in [5.74, 6) is 1.01. The lowest BCUT2D eigenvalue weighted by molar-refractivity contribution is -0.116. The van der Waals surface area contributed by atoms with Crippen molar-refractivity contribution < 1.29 is 31.8 Å². The van der Waals surface area contributed by atoms with E-state index in [1.165, 1.54) is 0 Å². The Bertz CT molecular complexity index is 1220. The predicted octanol–water partition coefficient (Wildman–Crippen LogP) is 4.27. The van der Waals surface area contributed by atoms with E-state index in [0.717, 1.165) is 5.56 Å². The Balaban J connectivity index is 1.62. The molecule has 0 fully saturated rings. The molecule has 0 bridgehead atoms. The van der Waals surface area contributed by atoms with Crippen molar-refractivity contribution in [3.05, 3.63) is 48.0 Å². The molecule has 0 spiro atoms. The smallest absolute Gasteiger partial charge is 0.322 e. The Hall–Kier alpha value is -3.60. The minimum absolute atomic E-state index is 0.00222. The van der Waals surface area contributed by atoms with E-state index in [1.54, 1.807) is 36.4 Å². The van der Waals surface area contributed by atoms with Gasteiger partial charge in [0.1, 0.15) is 0 Å². The van der Waals surface area contributed by atoms with E-state index in [-0.39, 0.29) is 36.3 Å². The van der Waals surface area contributed by atoms with Crippen LogP contribution in [0.5, 0.6) is 17.2 Å². The number of nitrogens with one attached hydrogen (secondary N) is 1. The Kier molecular flexibility index (Phi) is 9.69. The fraction of sp³-hybridized carbons (Fsp3) is 0.400. The normalized spacial score (nSPS) is 11.2. The zero-order valence-electron chi connectivity index (χ0n) is 20.7. The molecule has 0 unspecified atom stereocenters. The molecule has 1 amide bonds. The lowest BCUT2D eigenvalue weighted by Gasteiger charge is -2.16. The van der Waals surface area contributed by atoms with Gasteiger partial charge in [-0.05, 0) is 44.9 Å². The SMILES string of the molecule is CCOc1cc(-c2nnc(NC(=O)CCCS(=O)(=O)Cc3ccccc3)o2)cc(OCC)c1OCC. The minimum atomic E-state index is -3.33. The highest BCUT2D eigenvalue weighted by Gasteiger charge is 2.20. The number of hydrogen-bond acceptors (Lipinski definition) is 9.